The lowest BCUT2D eigenvalue weighted by Crippen LogP contribution is -2.10. The molecule has 0 aliphatic carbocycles. The number of carbonyl (C=O) groups is 1. The molecule has 0 bridgehead atoms. The van der Waals surface area contributed by atoms with Crippen LogP contribution in [-0.4, -0.2) is 19.2 Å². The summed E-state index contributed by atoms with van der Waals surface area (Å²) in [7, 11) is 0. The van der Waals surface area contributed by atoms with Gasteiger partial charge in [-0.1, -0.05) is 0 Å². The van der Waals surface area contributed by atoms with E-state index in [1.165, 1.54) is 0 Å². The van der Waals surface area contributed by atoms with Crippen molar-refractivity contribution in [3.63, 3.8) is 0 Å². The molecule has 17 heavy (non-hydrogen) atoms. The molecule has 1 rings (SSSR count). The third-order valence-electron chi connectivity index (χ3n) is 1.81. The van der Waals surface area contributed by atoms with E-state index in [2.05, 4.69) is 9.47 Å². The third kappa shape index (κ3) is 3.27. The molecule has 0 atom stereocenters. The van der Waals surface area contributed by atoms with Crippen LogP contribution in [0.4, 0.5) is 18.9 Å². The van der Waals surface area contributed by atoms with Crippen molar-refractivity contribution in [1.29, 1.82) is 0 Å². The second-order valence-corrected chi connectivity index (χ2v) is 2.97. The summed E-state index contributed by atoms with van der Waals surface area (Å²) < 4.78 is 45.7. The normalized spacial score (nSPS) is 10.4. The van der Waals surface area contributed by atoms with Gasteiger partial charge in [-0.2, -0.15) is 8.78 Å². The number of alkyl halides is 2. The van der Waals surface area contributed by atoms with Crippen molar-refractivity contribution in [2.75, 3.05) is 12.3 Å². The summed E-state index contributed by atoms with van der Waals surface area (Å²) in [5, 5.41) is 0. The van der Waals surface area contributed by atoms with Gasteiger partial charge in [-0.15, -0.1) is 0 Å². The van der Waals surface area contributed by atoms with Gasteiger partial charge in [-0.05, 0) is 13.0 Å². The Morgan fingerprint density at radius 3 is 2.65 bits per heavy atom. The van der Waals surface area contributed by atoms with Crippen molar-refractivity contribution in [2.45, 2.75) is 13.5 Å². The molecule has 0 fully saturated rings. The van der Waals surface area contributed by atoms with E-state index < -0.39 is 29.7 Å². The minimum Gasteiger partial charge on any atom is -0.462 e. The summed E-state index contributed by atoms with van der Waals surface area (Å²) in [5.41, 5.74) is 4.65. The molecule has 0 unspecified atom stereocenters. The van der Waals surface area contributed by atoms with Gasteiger partial charge in [-0.3, -0.25) is 0 Å². The quantitative estimate of drug-likeness (QED) is 0.656. The van der Waals surface area contributed by atoms with Crippen LogP contribution >= 0.6 is 0 Å². The molecule has 0 heterocycles. The molecule has 0 radical (unpaired) electrons. The molecule has 1 aromatic carbocycles. The Kier molecular flexibility index (Phi) is 4.19. The van der Waals surface area contributed by atoms with E-state index in [0.29, 0.717) is 6.07 Å². The van der Waals surface area contributed by atoms with Gasteiger partial charge in [0.05, 0.1) is 17.9 Å². The second-order valence-electron chi connectivity index (χ2n) is 2.97. The first-order valence-electron chi connectivity index (χ1n) is 4.66. The van der Waals surface area contributed by atoms with Gasteiger partial charge in [0.2, 0.25) is 0 Å². The summed E-state index contributed by atoms with van der Waals surface area (Å²) in [6.45, 7) is -1.51. The predicted molar refractivity (Wildman–Crippen MR) is 53.4 cm³/mol. The Morgan fingerprint density at radius 2 is 2.12 bits per heavy atom. The molecule has 94 valence electrons. The van der Waals surface area contributed by atoms with E-state index >= 15 is 0 Å². The molecule has 1 aromatic rings. The molecule has 0 aromatic heterocycles. The zero-order valence-corrected chi connectivity index (χ0v) is 8.88. The maximum absolute atomic E-state index is 13.4. The number of hydrogen-bond donors (Lipinski definition) is 1. The number of benzene rings is 1. The summed E-state index contributed by atoms with van der Waals surface area (Å²) >= 11 is 0. The molecule has 0 saturated carbocycles. The van der Waals surface area contributed by atoms with Crippen LogP contribution in [0.1, 0.15) is 17.3 Å². The van der Waals surface area contributed by atoms with Crippen molar-refractivity contribution in [3.05, 3.63) is 23.5 Å². The molecule has 0 aliphatic rings. The Balaban J connectivity index is 3.04. The highest BCUT2D eigenvalue weighted by Crippen LogP contribution is 2.27. The highest BCUT2D eigenvalue weighted by atomic mass is 19.3. The van der Waals surface area contributed by atoms with Gasteiger partial charge >= 0.3 is 12.6 Å². The molecular weight excluding hydrogens is 239 g/mol. The molecule has 0 amide bonds. The minimum absolute atomic E-state index is 0.0630. The number of anilines is 1. The van der Waals surface area contributed by atoms with Crippen LogP contribution in [0.3, 0.4) is 0 Å². The van der Waals surface area contributed by atoms with Crippen LogP contribution in [0.25, 0.3) is 0 Å². The first-order chi connectivity index (χ1) is 7.95. The SMILES string of the molecule is CCOC(=O)c1cc(N)c(OC(F)F)cc1F. The standard InChI is InChI=1S/C10H10F3NO3/c1-2-16-9(15)5-3-7(14)8(4-6(5)11)17-10(12)13/h3-4,10H,2,14H2,1H3. The van der Waals surface area contributed by atoms with Crippen molar-refractivity contribution in [3.8, 4) is 5.75 Å². The van der Waals surface area contributed by atoms with Crippen molar-refractivity contribution in [1.82, 2.24) is 0 Å². The molecule has 0 spiro atoms. The maximum atomic E-state index is 13.4. The Hall–Kier alpha value is -1.92. The van der Waals surface area contributed by atoms with Gasteiger partial charge in [0, 0.05) is 6.07 Å². The minimum atomic E-state index is -3.12. The lowest BCUT2D eigenvalue weighted by molar-refractivity contribution is -0.0494. The van der Waals surface area contributed by atoms with Gasteiger partial charge < -0.3 is 15.2 Å². The Labute approximate surface area is 95.1 Å². The van der Waals surface area contributed by atoms with Crippen LogP contribution in [-0.2, 0) is 4.74 Å². The number of carbonyl (C=O) groups excluding carboxylic acids is 1. The van der Waals surface area contributed by atoms with Crippen molar-refractivity contribution in [2.24, 2.45) is 0 Å². The topological polar surface area (TPSA) is 61.5 Å². The zero-order chi connectivity index (χ0) is 13.0. The number of ether oxygens (including phenoxy) is 2. The van der Waals surface area contributed by atoms with E-state index in [1.807, 2.05) is 0 Å². The number of hydrogen-bond acceptors (Lipinski definition) is 4. The summed E-state index contributed by atoms with van der Waals surface area (Å²) in [5.74, 6) is -2.47. The van der Waals surface area contributed by atoms with Gasteiger partial charge in [-0.25, -0.2) is 9.18 Å². The number of nitrogens with two attached hydrogens (primary N) is 1. The molecular formula is C10H10F3NO3. The fraction of sp³-hybridized carbons (Fsp3) is 0.300. The van der Waals surface area contributed by atoms with Crippen LogP contribution in [0.2, 0.25) is 0 Å². The highest BCUT2D eigenvalue weighted by molar-refractivity contribution is 5.91. The zero-order valence-electron chi connectivity index (χ0n) is 8.88. The molecule has 0 saturated heterocycles. The Bertz CT molecular complexity index is 424. The van der Waals surface area contributed by atoms with Crippen LogP contribution in [0, 0.1) is 5.82 Å². The Morgan fingerprint density at radius 1 is 1.47 bits per heavy atom. The van der Waals surface area contributed by atoms with Gasteiger partial charge in [0.25, 0.3) is 0 Å². The lowest BCUT2D eigenvalue weighted by atomic mass is 10.2. The van der Waals surface area contributed by atoms with Crippen LogP contribution < -0.4 is 10.5 Å². The average molecular weight is 249 g/mol. The molecule has 2 N–H and O–H groups in total. The van der Waals surface area contributed by atoms with Crippen molar-refractivity contribution < 1.29 is 27.4 Å². The predicted octanol–water partition coefficient (Wildman–Crippen LogP) is 2.19. The third-order valence-corrected chi connectivity index (χ3v) is 1.81. The molecule has 0 aliphatic heterocycles. The van der Waals surface area contributed by atoms with E-state index in [1.54, 1.807) is 6.92 Å². The summed E-state index contributed by atoms with van der Waals surface area (Å²) in [6, 6.07) is 1.51. The number of halogens is 3. The van der Waals surface area contributed by atoms with E-state index in [0.717, 1.165) is 6.07 Å². The highest BCUT2D eigenvalue weighted by Gasteiger charge is 2.18. The van der Waals surface area contributed by atoms with Crippen LogP contribution in [0.15, 0.2) is 12.1 Å². The van der Waals surface area contributed by atoms with E-state index in [-0.39, 0.29) is 12.3 Å². The second kappa shape index (κ2) is 5.42. The number of esters is 1. The van der Waals surface area contributed by atoms with Crippen LogP contribution in [0.5, 0.6) is 5.75 Å². The molecule has 7 heteroatoms. The largest absolute Gasteiger partial charge is 0.462 e. The monoisotopic (exact) mass is 249 g/mol. The van der Waals surface area contributed by atoms with E-state index in [4.69, 9.17) is 5.73 Å². The maximum Gasteiger partial charge on any atom is 0.387 e. The summed E-state index contributed by atoms with van der Waals surface area (Å²) in [4.78, 5) is 11.2. The number of nitrogen functional groups attached to an aromatic ring is 1. The molecule has 4 nitrogen and oxygen atoms in total. The first-order valence-corrected chi connectivity index (χ1v) is 4.66. The van der Waals surface area contributed by atoms with Gasteiger partial charge in [0.15, 0.2) is 5.75 Å². The summed E-state index contributed by atoms with van der Waals surface area (Å²) in [6.07, 6.45) is 0. The van der Waals surface area contributed by atoms with E-state index in [9.17, 15) is 18.0 Å². The first kappa shape index (κ1) is 13.1. The fourth-order valence-electron chi connectivity index (χ4n) is 1.14. The number of rotatable bonds is 4. The lowest BCUT2D eigenvalue weighted by Gasteiger charge is -2.10. The van der Waals surface area contributed by atoms with Gasteiger partial charge in [0.1, 0.15) is 5.82 Å². The fourth-order valence-corrected chi connectivity index (χ4v) is 1.14. The smallest absolute Gasteiger partial charge is 0.387 e. The average Bonchev–Trinajstić information content (AvgIpc) is 2.22. The van der Waals surface area contributed by atoms with Crippen molar-refractivity contribution >= 4 is 11.7 Å².